The molecule has 0 bridgehead atoms. The summed E-state index contributed by atoms with van der Waals surface area (Å²) >= 11 is 0. The van der Waals surface area contributed by atoms with Crippen LogP contribution in [-0.2, 0) is 6.54 Å². The molecule has 1 saturated carbocycles. The number of rotatable bonds is 7. The van der Waals surface area contributed by atoms with Crippen molar-refractivity contribution in [2.24, 2.45) is 0 Å². The molecule has 0 aromatic carbocycles. The molecule has 0 atom stereocenters. The summed E-state index contributed by atoms with van der Waals surface area (Å²) in [4.78, 5) is 4.26. The number of hydrogen-bond donors (Lipinski definition) is 2. The molecule has 1 fully saturated rings. The summed E-state index contributed by atoms with van der Waals surface area (Å²) in [5.74, 6) is 0. The van der Waals surface area contributed by atoms with Gasteiger partial charge in [-0.2, -0.15) is 0 Å². The topological polar surface area (TPSA) is 37.0 Å². The van der Waals surface area contributed by atoms with Crippen LogP contribution in [0.1, 0.15) is 25.0 Å². The van der Waals surface area contributed by atoms with Gasteiger partial charge >= 0.3 is 0 Å². The summed E-state index contributed by atoms with van der Waals surface area (Å²) in [6.45, 7) is 3.08. The first-order chi connectivity index (χ1) is 7.45. The predicted octanol–water partition coefficient (Wildman–Crippen LogP) is 1.31. The molecule has 15 heavy (non-hydrogen) atoms. The molecule has 2 rings (SSSR count). The SMILES string of the molecule is c1ccc(CNCCCNC2CC2)nc1. The van der Waals surface area contributed by atoms with Gasteiger partial charge in [0, 0.05) is 18.8 Å². The molecule has 1 aliphatic carbocycles. The molecule has 1 heterocycles. The Labute approximate surface area is 91.3 Å². The highest BCUT2D eigenvalue weighted by molar-refractivity contribution is 5.02. The van der Waals surface area contributed by atoms with E-state index in [1.807, 2.05) is 18.3 Å². The van der Waals surface area contributed by atoms with E-state index in [0.717, 1.165) is 31.4 Å². The summed E-state index contributed by atoms with van der Waals surface area (Å²) in [6, 6.07) is 6.86. The zero-order chi connectivity index (χ0) is 10.3. The Morgan fingerprint density at radius 2 is 2.20 bits per heavy atom. The molecule has 3 nitrogen and oxygen atoms in total. The van der Waals surface area contributed by atoms with Crippen LogP contribution in [0.15, 0.2) is 24.4 Å². The Morgan fingerprint density at radius 1 is 1.27 bits per heavy atom. The maximum Gasteiger partial charge on any atom is 0.0541 e. The molecule has 1 aliphatic rings. The zero-order valence-electron chi connectivity index (χ0n) is 9.08. The average molecular weight is 205 g/mol. The van der Waals surface area contributed by atoms with Gasteiger partial charge in [-0.25, -0.2) is 0 Å². The Kier molecular flexibility index (Phi) is 4.11. The van der Waals surface area contributed by atoms with Gasteiger partial charge in [0.15, 0.2) is 0 Å². The maximum atomic E-state index is 4.26. The summed E-state index contributed by atoms with van der Waals surface area (Å²) in [5, 5.41) is 6.89. The van der Waals surface area contributed by atoms with Crippen LogP contribution in [-0.4, -0.2) is 24.1 Å². The minimum Gasteiger partial charge on any atom is -0.314 e. The van der Waals surface area contributed by atoms with E-state index in [4.69, 9.17) is 0 Å². The fourth-order valence-electron chi connectivity index (χ4n) is 1.53. The second-order valence-electron chi connectivity index (χ2n) is 4.08. The average Bonchev–Trinajstić information content (AvgIpc) is 3.09. The summed E-state index contributed by atoms with van der Waals surface area (Å²) in [6.07, 6.45) is 5.79. The first-order valence-electron chi connectivity index (χ1n) is 5.79. The third-order valence-electron chi connectivity index (χ3n) is 2.57. The van der Waals surface area contributed by atoms with E-state index in [1.54, 1.807) is 0 Å². The van der Waals surface area contributed by atoms with Gasteiger partial charge in [-0.1, -0.05) is 6.07 Å². The van der Waals surface area contributed by atoms with Gasteiger partial charge in [0.05, 0.1) is 5.69 Å². The smallest absolute Gasteiger partial charge is 0.0541 e. The van der Waals surface area contributed by atoms with Crippen LogP contribution in [0.5, 0.6) is 0 Å². The Hall–Kier alpha value is -0.930. The van der Waals surface area contributed by atoms with Gasteiger partial charge in [-0.3, -0.25) is 4.98 Å². The van der Waals surface area contributed by atoms with Crippen LogP contribution in [0, 0.1) is 0 Å². The van der Waals surface area contributed by atoms with Crippen molar-refractivity contribution in [3.05, 3.63) is 30.1 Å². The van der Waals surface area contributed by atoms with Crippen molar-refractivity contribution in [1.29, 1.82) is 0 Å². The Balaban J connectivity index is 1.47. The number of nitrogens with zero attached hydrogens (tertiary/aromatic N) is 1. The molecule has 0 saturated heterocycles. The van der Waals surface area contributed by atoms with E-state index in [-0.39, 0.29) is 0 Å². The molecule has 3 heteroatoms. The standard InChI is InChI=1S/C12H19N3/c1-2-8-15-12(4-1)10-13-7-3-9-14-11-5-6-11/h1-2,4,8,11,13-14H,3,5-7,9-10H2. The first-order valence-corrected chi connectivity index (χ1v) is 5.79. The molecular formula is C12H19N3. The number of hydrogen-bond acceptors (Lipinski definition) is 3. The van der Waals surface area contributed by atoms with Crippen LogP contribution in [0.2, 0.25) is 0 Å². The number of pyridine rings is 1. The molecular weight excluding hydrogens is 186 g/mol. The lowest BCUT2D eigenvalue weighted by molar-refractivity contribution is 0.589. The molecule has 1 aromatic rings. The van der Waals surface area contributed by atoms with Gasteiger partial charge in [0.1, 0.15) is 0 Å². The predicted molar refractivity (Wildman–Crippen MR) is 61.6 cm³/mol. The van der Waals surface area contributed by atoms with Gasteiger partial charge < -0.3 is 10.6 Å². The van der Waals surface area contributed by atoms with E-state index in [0.29, 0.717) is 0 Å². The van der Waals surface area contributed by atoms with Gasteiger partial charge in [-0.15, -0.1) is 0 Å². The lowest BCUT2D eigenvalue weighted by atomic mass is 10.3. The Bertz CT molecular complexity index is 269. The van der Waals surface area contributed by atoms with Gasteiger partial charge in [0.25, 0.3) is 0 Å². The van der Waals surface area contributed by atoms with Crippen LogP contribution in [0.3, 0.4) is 0 Å². The number of aromatic nitrogens is 1. The van der Waals surface area contributed by atoms with Gasteiger partial charge in [-0.05, 0) is 44.5 Å². The van der Waals surface area contributed by atoms with Crippen molar-refractivity contribution in [2.75, 3.05) is 13.1 Å². The molecule has 82 valence electrons. The minimum atomic E-state index is 0.834. The molecule has 1 aromatic heterocycles. The summed E-state index contributed by atoms with van der Waals surface area (Å²) < 4.78 is 0. The highest BCUT2D eigenvalue weighted by Gasteiger charge is 2.19. The fraction of sp³-hybridized carbons (Fsp3) is 0.583. The van der Waals surface area contributed by atoms with Crippen LogP contribution >= 0.6 is 0 Å². The number of nitrogens with one attached hydrogen (secondary N) is 2. The van der Waals surface area contributed by atoms with Crippen molar-refractivity contribution in [2.45, 2.75) is 31.8 Å². The minimum absolute atomic E-state index is 0.834. The van der Waals surface area contributed by atoms with E-state index in [1.165, 1.54) is 19.3 Å². The molecule has 0 radical (unpaired) electrons. The van der Waals surface area contributed by atoms with Crippen molar-refractivity contribution in [3.63, 3.8) is 0 Å². The van der Waals surface area contributed by atoms with E-state index in [2.05, 4.69) is 21.7 Å². The van der Waals surface area contributed by atoms with Crippen molar-refractivity contribution in [1.82, 2.24) is 15.6 Å². The van der Waals surface area contributed by atoms with Crippen molar-refractivity contribution >= 4 is 0 Å². The van der Waals surface area contributed by atoms with Crippen LogP contribution in [0.25, 0.3) is 0 Å². The van der Waals surface area contributed by atoms with Crippen LogP contribution in [0.4, 0.5) is 0 Å². The third-order valence-corrected chi connectivity index (χ3v) is 2.57. The van der Waals surface area contributed by atoms with Gasteiger partial charge in [0.2, 0.25) is 0 Å². The second kappa shape index (κ2) is 5.83. The van der Waals surface area contributed by atoms with Crippen LogP contribution < -0.4 is 10.6 Å². The van der Waals surface area contributed by atoms with E-state index < -0.39 is 0 Å². The summed E-state index contributed by atoms with van der Waals surface area (Å²) in [7, 11) is 0. The highest BCUT2D eigenvalue weighted by atomic mass is 15.0. The quantitative estimate of drug-likeness (QED) is 0.659. The zero-order valence-corrected chi connectivity index (χ0v) is 9.08. The molecule has 0 aliphatic heterocycles. The van der Waals surface area contributed by atoms with Crippen molar-refractivity contribution in [3.8, 4) is 0 Å². The van der Waals surface area contributed by atoms with E-state index >= 15 is 0 Å². The fourth-order valence-corrected chi connectivity index (χ4v) is 1.53. The molecule has 0 unspecified atom stereocenters. The Morgan fingerprint density at radius 3 is 2.93 bits per heavy atom. The maximum absolute atomic E-state index is 4.26. The highest BCUT2D eigenvalue weighted by Crippen LogP contribution is 2.18. The van der Waals surface area contributed by atoms with Crippen molar-refractivity contribution < 1.29 is 0 Å². The normalized spacial score (nSPS) is 15.5. The molecule has 2 N–H and O–H groups in total. The first kappa shape index (κ1) is 10.6. The van der Waals surface area contributed by atoms with E-state index in [9.17, 15) is 0 Å². The lowest BCUT2D eigenvalue weighted by Crippen LogP contribution is -2.23. The molecule has 0 amide bonds. The lowest BCUT2D eigenvalue weighted by Gasteiger charge is -2.04. The summed E-state index contributed by atoms with van der Waals surface area (Å²) in [5.41, 5.74) is 1.12. The monoisotopic (exact) mass is 205 g/mol. The third kappa shape index (κ3) is 4.40. The molecule has 0 spiro atoms. The largest absolute Gasteiger partial charge is 0.314 e. The second-order valence-corrected chi connectivity index (χ2v) is 4.08.